The minimum absolute atomic E-state index is 0.665. The first-order chi connectivity index (χ1) is 8.33. The molecule has 0 amide bonds. The molecule has 1 saturated heterocycles. The van der Waals surface area contributed by atoms with Crippen LogP contribution in [0.3, 0.4) is 0 Å². The number of thiophene rings is 1. The SMILES string of the molecule is CC1CCN(c2nc(-c3ccsc3)no2)CC1. The van der Waals surface area contributed by atoms with Gasteiger partial charge in [0.25, 0.3) is 0 Å². The van der Waals surface area contributed by atoms with E-state index in [2.05, 4.69) is 22.0 Å². The highest BCUT2D eigenvalue weighted by Gasteiger charge is 2.20. The monoisotopic (exact) mass is 249 g/mol. The van der Waals surface area contributed by atoms with Gasteiger partial charge in [-0.05, 0) is 30.2 Å². The first kappa shape index (κ1) is 10.8. The second-order valence-corrected chi connectivity index (χ2v) is 5.36. The number of hydrogen-bond donors (Lipinski definition) is 0. The van der Waals surface area contributed by atoms with Crippen LogP contribution in [0.4, 0.5) is 6.01 Å². The van der Waals surface area contributed by atoms with E-state index in [1.807, 2.05) is 16.8 Å². The lowest BCUT2D eigenvalue weighted by atomic mass is 10.00. The molecule has 3 rings (SSSR count). The molecule has 0 aliphatic carbocycles. The van der Waals surface area contributed by atoms with Crippen molar-refractivity contribution in [1.29, 1.82) is 0 Å². The molecule has 0 aromatic carbocycles. The molecular formula is C12H15N3OS. The Kier molecular flexibility index (Phi) is 2.84. The molecule has 0 unspecified atom stereocenters. The van der Waals surface area contributed by atoms with Gasteiger partial charge in [-0.2, -0.15) is 16.3 Å². The predicted molar refractivity (Wildman–Crippen MR) is 68.2 cm³/mol. The molecule has 90 valence electrons. The molecule has 5 heteroatoms. The largest absolute Gasteiger partial charge is 0.324 e. The second-order valence-electron chi connectivity index (χ2n) is 4.58. The van der Waals surface area contributed by atoms with Gasteiger partial charge < -0.3 is 9.42 Å². The van der Waals surface area contributed by atoms with Gasteiger partial charge in [0.15, 0.2) is 0 Å². The molecule has 1 aliphatic rings. The Morgan fingerprint density at radius 1 is 1.41 bits per heavy atom. The van der Waals surface area contributed by atoms with Gasteiger partial charge in [0, 0.05) is 24.0 Å². The molecule has 0 radical (unpaired) electrons. The van der Waals surface area contributed by atoms with Crippen LogP contribution in [0.15, 0.2) is 21.3 Å². The lowest BCUT2D eigenvalue weighted by molar-refractivity contribution is 0.377. The van der Waals surface area contributed by atoms with Gasteiger partial charge >= 0.3 is 6.01 Å². The first-order valence-electron chi connectivity index (χ1n) is 5.94. The normalized spacial score (nSPS) is 17.6. The van der Waals surface area contributed by atoms with Crippen molar-refractivity contribution >= 4 is 17.4 Å². The molecule has 2 aromatic heterocycles. The lowest BCUT2D eigenvalue weighted by Gasteiger charge is -2.28. The van der Waals surface area contributed by atoms with Crippen LogP contribution < -0.4 is 4.90 Å². The molecule has 4 nitrogen and oxygen atoms in total. The Hall–Kier alpha value is -1.36. The predicted octanol–water partition coefficient (Wildman–Crippen LogP) is 3.03. The van der Waals surface area contributed by atoms with Crippen LogP contribution in [0.2, 0.25) is 0 Å². The van der Waals surface area contributed by atoms with Crippen molar-refractivity contribution in [3.63, 3.8) is 0 Å². The zero-order valence-corrected chi connectivity index (χ0v) is 10.6. The smallest absolute Gasteiger partial charge is 0.324 e. The molecule has 0 bridgehead atoms. The van der Waals surface area contributed by atoms with Crippen molar-refractivity contribution in [2.45, 2.75) is 19.8 Å². The van der Waals surface area contributed by atoms with Crippen molar-refractivity contribution in [3.05, 3.63) is 16.8 Å². The second kappa shape index (κ2) is 4.49. The summed E-state index contributed by atoms with van der Waals surface area (Å²) in [6.07, 6.45) is 2.41. The lowest BCUT2D eigenvalue weighted by Crippen LogP contribution is -2.32. The zero-order chi connectivity index (χ0) is 11.7. The highest BCUT2D eigenvalue weighted by Crippen LogP contribution is 2.25. The van der Waals surface area contributed by atoms with Gasteiger partial charge in [-0.3, -0.25) is 0 Å². The number of hydrogen-bond acceptors (Lipinski definition) is 5. The van der Waals surface area contributed by atoms with E-state index in [9.17, 15) is 0 Å². The maximum atomic E-state index is 5.33. The molecule has 0 atom stereocenters. The molecular weight excluding hydrogens is 234 g/mol. The number of nitrogens with zero attached hydrogens (tertiary/aromatic N) is 3. The Labute approximate surface area is 104 Å². The molecule has 1 fully saturated rings. The number of anilines is 1. The summed E-state index contributed by atoms with van der Waals surface area (Å²) in [5.41, 5.74) is 1.04. The van der Waals surface area contributed by atoms with Crippen LogP contribution in [0, 0.1) is 5.92 Å². The Balaban J connectivity index is 1.76. The average Bonchev–Trinajstić information content (AvgIpc) is 3.00. The van der Waals surface area contributed by atoms with Crippen LogP contribution in [-0.2, 0) is 0 Å². The van der Waals surface area contributed by atoms with E-state index in [0.717, 1.165) is 24.6 Å². The minimum atomic E-state index is 0.665. The summed E-state index contributed by atoms with van der Waals surface area (Å²) in [6, 6.07) is 2.68. The quantitative estimate of drug-likeness (QED) is 0.820. The van der Waals surface area contributed by atoms with Crippen LogP contribution >= 0.6 is 11.3 Å². The van der Waals surface area contributed by atoms with Gasteiger partial charge in [0.05, 0.1) is 0 Å². The Morgan fingerprint density at radius 3 is 2.94 bits per heavy atom. The van der Waals surface area contributed by atoms with Gasteiger partial charge in [-0.25, -0.2) is 0 Å². The van der Waals surface area contributed by atoms with Gasteiger partial charge in [-0.15, -0.1) is 0 Å². The third kappa shape index (κ3) is 2.20. The van der Waals surface area contributed by atoms with E-state index in [1.54, 1.807) is 11.3 Å². The zero-order valence-electron chi connectivity index (χ0n) is 9.80. The summed E-state index contributed by atoms with van der Waals surface area (Å²) in [6.45, 7) is 4.33. The summed E-state index contributed by atoms with van der Waals surface area (Å²) in [7, 11) is 0. The van der Waals surface area contributed by atoms with Crippen molar-refractivity contribution < 1.29 is 4.52 Å². The summed E-state index contributed by atoms with van der Waals surface area (Å²) >= 11 is 1.64. The number of rotatable bonds is 2. The number of aromatic nitrogens is 2. The van der Waals surface area contributed by atoms with Gasteiger partial charge in [0.2, 0.25) is 5.82 Å². The Bertz CT molecular complexity index is 472. The molecule has 0 N–H and O–H groups in total. The summed E-state index contributed by atoms with van der Waals surface area (Å²) in [4.78, 5) is 6.64. The van der Waals surface area contributed by atoms with E-state index in [1.165, 1.54) is 12.8 Å². The van der Waals surface area contributed by atoms with Crippen molar-refractivity contribution in [2.24, 2.45) is 5.92 Å². The third-order valence-corrected chi connectivity index (χ3v) is 3.93. The fraction of sp³-hybridized carbons (Fsp3) is 0.500. The van der Waals surface area contributed by atoms with E-state index in [4.69, 9.17) is 4.52 Å². The van der Waals surface area contributed by atoms with E-state index in [-0.39, 0.29) is 0 Å². The highest BCUT2D eigenvalue weighted by atomic mass is 32.1. The fourth-order valence-electron chi connectivity index (χ4n) is 2.05. The molecule has 0 spiro atoms. The molecule has 2 aromatic rings. The maximum absolute atomic E-state index is 5.33. The molecule has 1 aliphatic heterocycles. The van der Waals surface area contributed by atoms with Crippen molar-refractivity contribution in [1.82, 2.24) is 10.1 Å². The summed E-state index contributed by atoms with van der Waals surface area (Å²) in [5, 5.41) is 8.09. The van der Waals surface area contributed by atoms with Crippen molar-refractivity contribution in [3.8, 4) is 11.4 Å². The standard InChI is InChI=1S/C12H15N3OS/c1-9-2-5-15(6-3-9)12-13-11(14-16-12)10-4-7-17-8-10/h4,7-9H,2-3,5-6H2,1H3. The van der Waals surface area contributed by atoms with Crippen LogP contribution in [0.5, 0.6) is 0 Å². The number of piperidine rings is 1. The molecule has 3 heterocycles. The van der Waals surface area contributed by atoms with Crippen LogP contribution in [-0.4, -0.2) is 23.2 Å². The van der Waals surface area contributed by atoms with Crippen LogP contribution in [0.1, 0.15) is 19.8 Å². The topological polar surface area (TPSA) is 42.2 Å². The van der Waals surface area contributed by atoms with E-state index >= 15 is 0 Å². The van der Waals surface area contributed by atoms with Gasteiger partial charge in [0.1, 0.15) is 0 Å². The minimum Gasteiger partial charge on any atom is -0.324 e. The summed E-state index contributed by atoms with van der Waals surface area (Å²) in [5.74, 6) is 1.50. The first-order valence-corrected chi connectivity index (χ1v) is 6.88. The van der Waals surface area contributed by atoms with Crippen LogP contribution in [0.25, 0.3) is 11.4 Å². The molecule has 17 heavy (non-hydrogen) atoms. The van der Waals surface area contributed by atoms with E-state index < -0.39 is 0 Å². The van der Waals surface area contributed by atoms with Gasteiger partial charge in [-0.1, -0.05) is 12.1 Å². The average molecular weight is 249 g/mol. The van der Waals surface area contributed by atoms with Crippen molar-refractivity contribution in [2.75, 3.05) is 18.0 Å². The third-order valence-electron chi connectivity index (χ3n) is 3.25. The molecule has 0 saturated carbocycles. The highest BCUT2D eigenvalue weighted by molar-refractivity contribution is 7.08. The summed E-state index contributed by atoms with van der Waals surface area (Å²) < 4.78 is 5.33. The van der Waals surface area contributed by atoms with E-state index in [0.29, 0.717) is 11.8 Å². The fourth-order valence-corrected chi connectivity index (χ4v) is 2.69. The maximum Gasteiger partial charge on any atom is 0.324 e. The Morgan fingerprint density at radius 2 is 2.24 bits per heavy atom.